The van der Waals surface area contributed by atoms with Crippen molar-refractivity contribution in [2.45, 2.75) is 13.0 Å². The van der Waals surface area contributed by atoms with Crippen LogP contribution in [-0.4, -0.2) is 36.9 Å². The minimum atomic E-state index is -0.230. The predicted octanol–water partition coefficient (Wildman–Crippen LogP) is 2.27. The van der Waals surface area contributed by atoms with E-state index in [9.17, 15) is 4.79 Å². The Labute approximate surface area is 158 Å². The highest BCUT2D eigenvalue weighted by Gasteiger charge is 2.23. The van der Waals surface area contributed by atoms with Gasteiger partial charge in [-0.1, -0.05) is 0 Å². The number of rotatable bonds is 6. The first kappa shape index (κ1) is 17.1. The van der Waals surface area contributed by atoms with Crippen molar-refractivity contribution < 1.29 is 4.79 Å². The summed E-state index contributed by atoms with van der Waals surface area (Å²) in [5.74, 6) is -0.230. The quantitative estimate of drug-likeness (QED) is 0.446. The fraction of sp³-hybridized carbons (Fsp3) is 0.167. The SMILES string of the molecule is Cn1c(C(=O)NCc2ccncc2)c(C=N)c2sc(Cc3cc[nH]n3)nc21. The Morgan fingerprint density at radius 2 is 2.19 bits per heavy atom. The molecule has 4 aromatic rings. The van der Waals surface area contributed by atoms with Gasteiger partial charge in [0.15, 0.2) is 5.65 Å². The fourth-order valence-corrected chi connectivity index (χ4v) is 4.07. The van der Waals surface area contributed by atoms with Gasteiger partial charge in [-0.05, 0) is 23.8 Å². The third-order valence-corrected chi connectivity index (χ3v) is 5.34. The number of thiazole rings is 1. The van der Waals surface area contributed by atoms with E-state index in [1.54, 1.807) is 30.2 Å². The molecule has 0 radical (unpaired) electrons. The average molecular weight is 379 g/mol. The van der Waals surface area contributed by atoms with E-state index in [2.05, 4.69) is 25.5 Å². The van der Waals surface area contributed by atoms with E-state index in [4.69, 9.17) is 5.41 Å². The first-order valence-corrected chi connectivity index (χ1v) is 9.13. The van der Waals surface area contributed by atoms with Crippen LogP contribution in [0.5, 0.6) is 0 Å². The van der Waals surface area contributed by atoms with E-state index >= 15 is 0 Å². The summed E-state index contributed by atoms with van der Waals surface area (Å²) in [6, 6.07) is 5.61. The summed E-state index contributed by atoms with van der Waals surface area (Å²) in [6.45, 7) is 0.398. The molecule has 4 aromatic heterocycles. The van der Waals surface area contributed by atoms with Crippen molar-refractivity contribution in [3.05, 3.63) is 64.3 Å². The van der Waals surface area contributed by atoms with E-state index in [0.717, 1.165) is 21.0 Å². The third kappa shape index (κ3) is 3.24. The summed E-state index contributed by atoms with van der Waals surface area (Å²) in [7, 11) is 1.80. The zero-order valence-corrected chi connectivity index (χ0v) is 15.4. The molecular formula is C18H17N7OS. The molecule has 0 aliphatic heterocycles. The Morgan fingerprint density at radius 3 is 2.89 bits per heavy atom. The summed E-state index contributed by atoms with van der Waals surface area (Å²) in [6.07, 6.45) is 6.99. The first-order valence-electron chi connectivity index (χ1n) is 8.31. The van der Waals surface area contributed by atoms with Gasteiger partial charge in [0.2, 0.25) is 0 Å². The Balaban J connectivity index is 1.62. The smallest absolute Gasteiger partial charge is 0.268 e. The van der Waals surface area contributed by atoms with Crippen LogP contribution in [-0.2, 0) is 20.0 Å². The van der Waals surface area contributed by atoms with Gasteiger partial charge in [0.1, 0.15) is 10.7 Å². The fourth-order valence-electron chi connectivity index (χ4n) is 2.95. The van der Waals surface area contributed by atoms with E-state index in [1.165, 1.54) is 17.6 Å². The zero-order chi connectivity index (χ0) is 18.8. The molecule has 0 aliphatic carbocycles. The van der Waals surface area contributed by atoms with Crippen LogP contribution in [0.2, 0.25) is 0 Å². The summed E-state index contributed by atoms with van der Waals surface area (Å²) >= 11 is 1.49. The van der Waals surface area contributed by atoms with Gasteiger partial charge < -0.3 is 15.3 Å². The van der Waals surface area contributed by atoms with Crippen molar-refractivity contribution >= 4 is 33.8 Å². The Hall–Kier alpha value is -3.33. The lowest BCUT2D eigenvalue weighted by Gasteiger charge is -2.07. The van der Waals surface area contributed by atoms with Crippen LogP contribution in [0.3, 0.4) is 0 Å². The molecule has 0 saturated heterocycles. The maximum absolute atomic E-state index is 12.7. The molecule has 0 unspecified atom stereocenters. The molecule has 0 saturated carbocycles. The molecule has 0 aromatic carbocycles. The minimum Gasteiger partial charge on any atom is -0.347 e. The lowest BCUT2D eigenvalue weighted by molar-refractivity contribution is 0.0943. The van der Waals surface area contributed by atoms with E-state index in [0.29, 0.717) is 29.9 Å². The number of fused-ring (bicyclic) bond motifs is 1. The highest BCUT2D eigenvalue weighted by Crippen LogP contribution is 2.30. The minimum absolute atomic E-state index is 0.230. The zero-order valence-electron chi connectivity index (χ0n) is 14.6. The van der Waals surface area contributed by atoms with E-state index < -0.39 is 0 Å². The second-order valence-electron chi connectivity index (χ2n) is 6.01. The largest absolute Gasteiger partial charge is 0.347 e. The van der Waals surface area contributed by atoms with Gasteiger partial charge in [-0.2, -0.15) is 5.10 Å². The first-order chi connectivity index (χ1) is 13.2. The normalized spacial score (nSPS) is 11.0. The average Bonchev–Trinajstić information content (AvgIpc) is 3.39. The lowest BCUT2D eigenvalue weighted by Crippen LogP contribution is -2.26. The molecule has 0 aliphatic rings. The number of hydrogen-bond donors (Lipinski definition) is 3. The number of pyridine rings is 1. The summed E-state index contributed by atoms with van der Waals surface area (Å²) in [5.41, 5.74) is 3.61. The van der Waals surface area contributed by atoms with Crippen LogP contribution in [0.15, 0.2) is 36.8 Å². The number of aromatic amines is 1. The van der Waals surface area contributed by atoms with Crippen molar-refractivity contribution in [1.82, 2.24) is 30.0 Å². The standard InChI is InChI=1S/C18H17N7OS/c1-25-15(18(26)21-10-11-2-5-20-6-3-11)13(9-19)16-17(25)23-14(27-16)8-12-4-7-22-24-12/h2-7,9,19H,8,10H2,1H3,(H,21,26)(H,22,24). The molecule has 8 nitrogen and oxygen atoms in total. The predicted molar refractivity (Wildman–Crippen MR) is 103 cm³/mol. The highest BCUT2D eigenvalue weighted by molar-refractivity contribution is 7.19. The molecule has 136 valence electrons. The summed E-state index contributed by atoms with van der Waals surface area (Å²) < 4.78 is 2.59. The van der Waals surface area contributed by atoms with Gasteiger partial charge in [0.05, 0.1) is 10.4 Å². The summed E-state index contributed by atoms with van der Waals surface area (Å²) in [4.78, 5) is 21.4. The maximum atomic E-state index is 12.7. The van der Waals surface area contributed by atoms with Crippen molar-refractivity contribution in [1.29, 1.82) is 5.41 Å². The molecule has 3 N–H and O–H groups in total. The number of carbonyl (C=O) groups is 1. The van der Waals surface area contributed by atoms with Gasteiger partial charge in [-0.3, -0.25) is 14.9 Å². The molecule has 27 heavy (non-hydrogen) atoms. The van der Waals surface area contributed by atoms with Crippen molar-refractivity contribution in [3.63, 3.8) is 0 Å². The lowest BCUT2D eigenvalue weighted by atomic mass is 10.2. The number of carbonyl (C=O) groups excluding carboxylic acids is 1. The number of aromatic nitrogens is 5. The summed E-state index contributed by atoms with van der Waals surface area (Å²) in [5, 5.41) is 18.6. The Bertz CT molecular complexity index is 1100. The monoisotopic (exact) mass is 379 g/mol. The van der Waals surface area contributed by atoms with E-state index in [1.807, 2.05) is 18.2 Å². The Morgan fingerprint density at radius 1 is 1.37 bits per heavy atom. The number of amides is 1. The van der Waals surface area contributed by atoms with Gasteiger partial charge in [-0.15, -0.1) is 11.3 Å². The molecule has 0 fully saturated rings. The number of nitrogens with zero attached hydrogens (tertiary/aromatic N) is 4. The van der Waals surface area contributed by atoms with Gasteiger partial charge in [0, 0.05) is 50.4 Å². The van der Waals surface area contributed by atoms with Crippen molar-refractivity contribution in [3.8, 4) is 0 Å². The molecular weight excluding hydrogens is 362 g/mol. The number of hydrogen-bond acceptors (Lipinski definition) is 6. The van der Waals surface area contributed by atoms with Crippen LogP contribution < -0.4 is 5.32 Å². The van der Waals surface area contributed by atoms with Gasteiger partial charge in [-0.25, -0.2) is 4.98 Å². The second-order valence-corrected chi connectivity index (χ2v) is 7.09. The second kappa shape index (κ2) is 7.12. The maximum Gasteiger partial charge on any atom is 0.268 e. The molecule has 1 amide bonds. The molecule has 0 spiro atoms. The molecule has 4 rings (SSSR count). The van der Waals surface area contributed by atoms with Gasteiger partial charge >= 0.3 is 0 Å². The molecule has 9 heteroatoms. The van der Waals surface area contributed by atoms with Crippen LogP contribution in [0.25, 0.3) is 10.3 Å². The van der Waals surface area contributed by atoms with Crippen LogP contribution in [0, 0.1) is 5.41 Å². The van der Waals surface area contributed by atoms with Crippen LogP contribution >= 0.6 is 11.3 Å². The van der Waals surface area contributed by atoms with Crippen LogP contribution in [0.1, 0.15) is 32.3 Å². The third-order valence-electron chi connectivity index (χ3n) is 4.26. The number of aryl methyl sites for hydroxylation is 1. The topological polar surface area (TPSA) is 112 Å². The molecule has 0 bridgehead atoms. The molecule has 4 heterocycles. The van der Waals surface area contributed by atoms with Crippen molar-refractivity contribution in [2.24, 2.45) is 7.05 Å². The number of H-pyrrole nitrogens is 1. The van der Waals surface area contributed by atoms with Crippen LogP contribution in [0.4, 0.5) is 0 Å². The van der Waals surface area contributed by atoms with E-state index in [-0.39, 0.29) is 5.91 Å². The van der Waals surface area contributed by atoms with Gasteiger partial charge in [0.25, 0.3) is 5.91 Å². The highest BCUT2D eigenvalue weighted by atomic mass is 32.1. The number of nitrogens with one attached hydrogen (secondary N) is 3. The van der Waals surface area contributed by atoms with Crippen molar-refractivity contribution in [2.75, 3.05) is 0 Å². The molecule has 0 atom stereocenters. The Kier molecular flexibility index (Phi) is 4.51.